The summed E-state index contributed by atoms with van der Waals surface area (Å²) in [6, 6.07) is 0. The molecule has 130 valence electrons. The van der Waals surface area contributed by atoms with E-state index in [0.29, 0.717) is 6.61 Å². The molecule has 0 heterocycles. The van der Waals surface area contributed by atoms with Crippen molar-refractivity contribution in [3.8, 4) is 0 Å². The fourth-order valence-electron chi connectivity index (χ4n) is 3.18. The molecule has 0 amide bonds. The minimum Gasteiger partial charge on any atom is -0.396 e. The summed E-state index contributed by atoms with van der Waals surface area (Å²) < 4.78 is 0. The van der Waals surface area contributed by atoms with Gasteiger partial charge in [-0.05, 0) is 0 Å². The van der Waals surface area contributed by atoms with Crippen LogP contribution >= 0.6 is 20.8 Å². The number of aliphatic hydroxyl groups is 1. The van der Waals surface area contributed by atoms with E-state index >= 15 is 0 Å². The van der Waals surface area contributed by atoms with Gasteiger partial charge in [-0.3, -0.25) is 0 Å². The Morgan fingerprint density at radius 1 is 0.619 bits per heavy atom. The van der Waals surface area contributed by atoms with Crippen LogP contribution in [0.4, 0.5) is 0 Å². The Morgan fingerprint density at radius 3 is 1.29 bits per heavy atom. The monoisotopic (exact) mass is 382 g/mol. The second-order valence-electron chi connectivity index (χ2n) is 6.75. The number of aliphatic hydroxyl groups excluding tert-OH is 1. The van der Waals surface area contributed by atoms with Crippen molar-refractivity contribution >= 4 is 20.8 Å². The van der Waals surface area contributed by atoms with E-state index in [0.717, 1.165) is 6.42 Å². The smallest absolute Gasteiger partial charge is 0.396 e. The molecule has 0 saturated carbocycles. The topological polar surface area (TPSA) is 20.2 Å². The normalized spacial score (nSPS) is 14.0. The summed E-state index contributed by atoms with van der Waals surface area (Å²) in [6.07, 6.45) is 18.9. The van der Waals surface area contributed by atoms with E-state index in [2.05, 4.69) is 36.3 Å². The summed E-state index contributed by atoms with van der Waals surface area (Å²) in [7, 11) is 0. The van der Waals surface area contributed by atoms with Crippen LogP contribution in [0.15, 0.2) is 0 Å². The predicted molar refractivity (Wildman–Crippen MR) is 106 cm³/mol. The van der Waals surface area contributed by atoms with Gasteiger partial charge in [0.05, 0.1) is 0 Å². The zero-order valence-electron chi connectivity index (χ0n) is 14.9. The van der Waals surface area contributed by atoms with Crippen LogP contribution in [0.25, 0.3) is 0 Å². The van der Waals surface area contributed by atoms with E-state index in [1.807, 2.05) is 0 Å². The molecule has 0 radical (unpaired) electrons. The van der Waals surface area contributed by atoms with Gasteiger partial charge in [0.25, 0.3) is 0 Å². The summed E-state index contributed by atoms with van der Waals surface area (Å²) in [4.78, 5) is 0. The first-order chi connectivity index (χ1) is 10.0. The van der Waals surface area contributed by atoms with E-state index in [-0.39, 0.29) is 0 Å². The van der Waals surface area contributed by atoms with Crippen LogP contribution in [-0.2, 0) is 0 Å². The fourth-order valence-corrected chi connectivity index (χ4v) is 7.23. The van der Waals surface area contributed by atoms with Gasteiger partial charge in [0.1, 0.15) is 0 Å². The van der Waals surface area contributed by atoms with Gasteiger partial charge in [-0.15, -0.1) is 0 Å². The van der Waals surface area contributed by atoms with Gasteiger partial charge in [-0.1, -0.05) is 0 Å². The number of unbranched alkanes of at least 4 members (excludes halogenated alkanes) is 9. The maximum absolute atomic E-state index is 8.72. The summed E-state index contributed by atoms with van der Waals surface area (Å²) in [5.74, 6) is 0. The maximum atomic E-state index is 8.72. The Bertz CT molecular complexity index is 230. The molecule has 0 saturated heterocycles. The zero-order valence-corrected chi connectivity index (χ0v) is 17.4. The molecule has 0 aliphatic heterocycles. The van der Waals surface area contributed by atoms with Crippen molar-refractivity contribution in [1.82, 2.24) is 0 Å². The third kappa shape index (κ3) is 9.57. The van der Waals surface area contributed by atoms with Gasteiger partial charge >= 0.3 is 137 Å². The minimum absolute atomic E-state index is 0.367. The van der Waals surface area contributed by atoms with E-state index in [9.17, 15) is 0 Å². The van der Waals surface area contributed by atoms with Crippen LogP contribution in [0.2, 0.25) is 0 Å². The van der Waals surface area contributed by atoms with Crippen LogP contribution in [-0.4, -0.2) is 36.4 Å². The predicted octanol–water partition coefficient (Wildman–Crippen LogP) is 6.80. The number of hydrogen-bond donors (Lipinski definition) is 1. The molecule has 0 fully saturated rings. The van der Waals surface area contributed by atoms with Crippen LogP contribution < -0.4 is 0 Å². The van der Waals surface area contributed by atoms with E-state index in [4.69, 9.17) is 5.11 Å². The Kier molecular flexibility index (Phi) is 12.8. The molecule has 3 heteroatoms. The Labute approximate surface area is 142 Å². The quantitative estimate of drug-likeness (QED) is 0.243. The molecule has 1 N–H and O–H groups in total. The van der Waals surface area contributed by atoms with Gasteiger partial charge in [0, 0.05) is 0 Å². The molecule has 0 rings (SSSR count). The van der Waals surface area contributed by atoms with Crippen molar-refractivity contribution in [2.75, 3.05) is 31.3 Å². The molecule has 0 aromatic rings. The first-order valence-corrected chi connectivity index (χ1v) is 14.4. The number of hydrogen-bond acceptors (Lipinski definition) is 1. The molecular formula is C18H40BrOP. The van der Waals surface area contributed by atoms with Crippen molar-refractivity contribution in [3.05, 3.63) is 0 Å². The standard InChI is InChI=1S/C18H40BrOP/c1-4-21(19,5-2,6-3)18-16-14-12-10-8-7-9-11-13-15-17-20/h20H,4-18H2,1-3H3. The van der Waals surface area contributed by atoms with Crippen molar-refractivity contribution in [1.29, 1.82) is 0 Å². The van der Waals surface area contributed by atoms with Gasteiger partial charge < -0.3 is 5.11 Å². The van der Waals surface area contributed by atoms with Crippen molar-refractivity contribution in [2.24, 2.45) is 0 Å². The third-order valence-electron chi connectivity index (χ3n) is 5.50. The summed E-state index contributed by atoms with van der Waals surface area (Å²) in [5, 5.41) is 7.23. The number of halogens is 1. The first kappa shape index (κ1) is 21.9. The van der Waals surface area contributed by atoms with Crippen molar-refractivity contribution in [3.63, 3.8) is 0 Å². The van der Waals surface area contributed by atoms with Crippen LogP contribution in [0.1, 0.15) is 85.0 Å². The van der Waals surface area contributed by atoms with Crippen LogP contribution in [0.3, 0.4) is 0 Å². The summed E-state index contributed by atoms with van der Waals surface area (Å²) in [6.45, 7) is 7.52. The third-order valence-corrected chi connectivity index (χ3v) is 17.2. The molecule has 0 spiro atoms. The molecule has 21 heavy (non-hydrogen) atoms. The van der Waals surface area contributed by atoms with Crippen LogP contribution in [0.5, 0.6) is 0 Å². The second kappa shape index (κ2) is 12.3. The summed E-state index contributed by atoms with van der Waals surface area (Å²) >= 11 is 4.23. The van der Waals surface area contributed by atoms with E-state index < -0.39 is 5.31 Å². The molecule has 0 bridgehead atoms. The molecule has 0 atom stereocenters. The average Bonchev–Trinajstić information content (AvgIpc) is 2.53. The molecule has 0 unspecified atom stereocenters. The Morgan fingerprint density at radius 2 is 0.952 bits per heavy atom. The van der Waals surface area contributed by atoms with Crippen molar-refractivity contribution in [2.45, 2.75) is 85.0 Å². The molecule has 0 aliphatic carbocycles. The molecule has 1 nitrogen and oxygen atoms in total. The van der Waals surface area contributed by atoms with Gasteiger partial charge in [0.15, 0.2) is 0 Å². The number of rotatable bonds is 15. The fraction of sp³-hybridized carbons (Fsp3) is 1.00. The van der Waals surface area contributed by atoms with Crippen LogP contribution in [0, 0.1) is 0 Å². The van der Waals surface area contributed by atoms with E-state index in [1.165, 1.54) is 82.4 Å². The zero-order chi connectivity index (χ0) is 16.1. The van der Waals surface area contributed by atoms with Gasteiger partial charge in [0.2, 0.25) is 0 Å². The Balaban J connectivity index is 3.51. The summed E-state index contributed by atoms with van der Waals surface area (Å²) in [5.41, 5.74) is 0. The van der Waals surface area contributed by atoms with E-state index in [1.54, 1.807) is 0 Å². The Hall–Kier alpha value is 0.870. The molecule has 0 aromatic heterocycles. The molecular weight excluding hydrogens is 343 g/mol. The minimum atomic E-state index is -1.49. The second-order valence-corrected chi connectivity index (χ2v) is 18.8. The van der Waals surface area contributed by atoms with Gasteiger partial charge in [-0.2, -0.15) is 0 Å². The van der Waals surface area contributed by atoms with Crippen molar-refractivity contribution < 1.29 is 5.11 Å². The SMILES string of the molecule is CCP(Br)(CC)(CC)CCCCCCCCCCCCO. The molecule has 0 aliphatic rings. The molecule has 0 aromatic carbocycles. The van der Waals surface area contributed by atoms with Gasteiger partial charge in [-0.25, -0.2) is 0 Å². The average molecular weight is 383 g/mol. The first-order valence-electron chi connectivity index (χ1n) is 9.37.